The molecule has 0 radical (unpaired) electrons. The second kappa shape index (κ2) is 21.3. The summed E-state index contributed by atoms with van der Waals surface area (Å²) in [5.74, 6) is -2.18. The van der Waals surface area contributed by atoms with Gasteiger partial charge in [0.15, 0.2) is 0 Å². The van der Waals surface area contributed by atoms with E-state index in [0.717, 1.165) is 36.8 Å². The van der Waals surface area contributed by atoms with E-state index in [0.29, 0.717) is 0 Å². The van der Waals surface area contributed by atoms with Gasteiger partial charge in [-0.05, 0) is 60.1 Å². The first kappa shape index (κ1) is 33.0. The van der Waals surface area contributed by atoms with E-state index < -0.39 is 11.9 Å². The fourth-order valence-corrected chi connectivity index (χ4v) is 3.93. The molecule has 0 unspecified atom stereocenters. The van der Waals surface area contributed by atoms with Gasteiger partial charge in [0.1, 0.15) is 0 Å². The number of unbranched alkanes of at least 4 members (excludes halogenated alkanes) is 10. The summed E-state index contributed by atoms with van der Waals surface area (Å²) in [4.78, 5) is 21.4. The largest absolute Gasteiger partial charge is 2.00 e. The van der Waals surface area contributed by atoms with Crippen LogP contribution in [0, 0.1) is 0 Å². The van der Waals surface area contributed by atoms with Crippen molar-refractivity contribution in [1.82, 2.24) is 0 Å². The quantitative estimate of drug-likeness (QED) is 0.199. The Hall–Kier alpha value is -2.00. The summed E-state index contributed by atoms with van der Waals surface area (Å²) in [6.45, 7) is 4.43. The predicted octanol–water partition coefficient (Wildman–Crippen LogP) is 5.90. The van der Waals surface area contributed by atoms with Crippen molar-refractivity contribution in [2.24, 2.45) is 0 Å². The smallest absolute Gasteiger partial charge is 0.545 e. The van der Waals surface area contributed by atoms with E-state index in [-0.39, 0.29) is 30.6 Å². The number of aromatic carboxylic acids is 2. The summed E-state index contributed by atoms with van der Waals surface area (Å²) < 4.78 is 0. The first-order chi connectivity index (χ1) is 16.5. The molecule has 0 aliphatic rings. The average Bonchev–Trinajstić information content (AvgIpc) is 2.84. The first-order valence-electron chi connectivity index (χ1n) is 13.1. The van der Waals surface area contributed by atoms with Crippen molar-refractivity contribution in [1.29, 1.82) is 0 Å². The molecule has 0 aromatic heterocycles. The molecule has 2 rings (SSSR count). The van der Waals surface area contributed by atoms with Crippen LogP contribution in [-0.2, 0) is 32.3 Å². The Morgan fingerprint density at radius 1 is 0.571 bits per heavy atom. The maximum absolute atomic E-state index is 10.7. The van der Waals surface area contributed by atoms with Crippen molar-refractivity contribution >= 4 is 11.9 Å². The van der Waals surface area contributed by atoms with Gasteiger partial charge in [-0.25, -0.2) is 0 Å². The van der Waals surface area contributed by atoms with E-state index in [4.69, 9.17) is 0 Å². The van der Waals surface area contributed by atoms with E-state index >= 15 is 0 Å². The van der Waals surface area contributed by atoms with Crippen molar-refractivity contribution in [2.45, 2.75) is 104 Å². The zero-order valence-corrected chi connectivity index (χ0v) is 24.8. The molecule has 188 valence electrons. The zero-order chi connectivity index (χ0) is 25.0. The number of aryl methyl sites for hydroxylation is 2. The normalized spacial score (nSPS) is 10.1. The molecule has 4 nitrogen and oxygen atoms in total. The van der Waals surface area contributed by atoms with Crippen LogP contribution in [0.5, 0.6) is 0 Å². The molecular weight excluding hydrogens is 490 g/mol. The van der Waals surface area contributed by atoms with E-state index in [9.17, 15) is 19.8 Å². The Labute approximate surface area is 225 Å². The molecule has 0 saturated carbocycles. The van der Waals surface area contributed by atoms with Crippen LogP contribution < -0.4 is 10.2 Å². The van der Waals surface area contributed by atoms with E-state index in [1.165, 1.54) is 64.2 Å². The third-order valence-corrected chi connectivity index (χ3v) is 5.96. The second-order valence-corrected chi connectivity index (χ2v) is 9.01. The van der Waals surface area contributed by atoms with Gasteiger partial charge in [0.25, 0.3) is 0 Å². The molecule has 0 saturated heterocycles. The number of hydrogen-bond acceptors (Lipinski definition) is 4. The molecule has 2 aromatic rings. The number of rotatable bonds is 16. The third kappa shape index (κ3) is 16.3. The van der Waals surface area contributed by atoms with Crippen LogP contribution in [0.1, 0.15) is 123 Å². The SMILES string of the molecule is CCCCCCCCc1cccc(C(=O)[O-])c1.CCCCCCCCc1cccc(C(=O)[O-])c1.[Zn+2]. The second-order valence-electron chi connectivity index (χ2n) is 9.01. The molecule has 0 aliphatic carbocycles. The van der Waals surface area contributed by atoms with E-state index in [2.05, 4.69) is 13.8 Å². The van der Waals surface area contributed by atoms with Gasteiger partial charge < -0.3 is 19.8 Å². The monoisotopic (exact) mass is 530 g/mol. The minimum atomic E-state index is -1.09. The molecule has 0 bridgehead atoms. The van der Waals surface area contributed by atoms with Crippen molar-refractivity contribution in [3.63, 3.8) is 0 Å². The summed E-state index contributed by atoms with van der Waals surface area (Å²) in [7, 11) is 0. The standard InChI is InChI=1S/2C15H22O2.Zn/c2*1-2-3-4-5-6-7-9-13-10-8-11-14(12-13)15(16)17;/h2*8,10-12H,2-7,9H2,1H3,(H,16,17);/q;;+2/p-2. The number of carbonyl (C=O) groups excluding carboxylic acids is 2. The van der Waals surface area contributed by atoms with Crippen LogP contribution in [0.15, 0.2) is 48.5 Å². The molecule has 0 atom stereocenters. The fraction of sp³-hybridized carbons (Fsp3) is 0.533. The van der Waals surface area contributed by atoms with E-state index in [1.807, 2.05) is 12.1 Å². The summed E-state index contributed by atoms with van der Waals surface area (Å²) in [6, 6.07) is 14.2. The molecule has 0 N–H and O–H groups in total. The number of carboxylic acid groups (broad SMARTS) is 2. The molecule has 0 amide bonds. The van der Waals surface area contributed by atoms with Crippen molar-refractivity contribution in [3.8, 4) is 0 Å². The number of benzene rings is 2. The minimum absolute atomic E-state index is 0. The van der Waals surface area contributed by atoms with Gasteiger partial charge in [0, 0.05) is 0 Å². The summed E-state index contributed by atoms with van der Waals surface area (Å²) >= 11 is 0. The number of carboxylic acids is 2. The topological polar surface area (TPSA) is 80.3 Å². The van der Waals surface area contributed by atoms with Gasteiger partial charge in [0.2, 0.25) is 0 Å². The zero-order valence-electron chi connectivity index (χ0n) is 21.9. The van der Waals surface area contributed by atoms with Gasteiger partial charge in [0.05, 0.1) is 11.9 Å². The maximum atomic E-state index is 10.7. The molecule has 0 aliphatic heterocycles. The van der Waals surface area contributed by atoms with Crippen LogP contribution in [0.4, 0.5) is 0 Å². The summed E-state index contributed by atoms with van der Waals surface area (Å²) in [6.07, 6.45) is 17.1. The van der Waals surface area contributed by atoms with Crippen molar-refractivity contribution in [3.05, 3.63) is 70.8 Å². The molecular formula is C30H42O4Zn. The molecule has 5 heteroatoms. The predicted molar refractivity (Wildman–Crippen MR) is 136 cm³/mol. The summed E-state index contributed by atoms with van der Waals surface area (Å²) in [5, 5.41) is 21.4. The molecule has 35 heavy (non-hydrogen) atoms. The maximum Gasteiger partial charge on any atom is 2.00 e. The Morgan fingerprint density at radius 3 is 1.26 bits per heavy atom. The number of hydrogen-bond donors (Lipinski definition) is 0. The Morgan fingerprint density at radius 2 is 0.914 bits per heavy atom. The van der Waals surface area contributed by atoms with Crippen LogP contribution >= 0.6 is 0 Å². The number of carbonyl (C=O) groups is 2. The molecule has 0 spiro atoms. The summed E-state index contributed by atoms with van der Waals surface area (Å²) in [5.41, 5.74) is 2.77. The van der Waals surface area contributed by atoms with Crippen LogP contribution in [-0.4, -0.2) is 11.9 Å². The van der Waals surface area contributed by atoms with Crippen LogP contribution in [0.2, 0.25) is 0 Å². The van der Waals surface area contributed by atoms with Crippen molar-refractivity contribution < 1.29 is 39.3 Å². The first-order valence-corrected chi connectivity index (χ1v) is 13.1. The third-order valence-electron chi connectivity index (χ3n) is 5.96. The van der Waals surface area contributed by atoms with Gasteiger partial charge in [-0.1, -0.05) is 114 Å². The Kier molecular flexibility index (Phi) is 20.1. The fourth-order valence-electron chi connectivity index (χ4n) is 3.93. The Balaban J connectivity index is 0.000000642. The van der Waals surface area contributed by atoms with E-state index in [1.54, 1.807) is 36.4 Å². The Bertz CT molecular complexity index is 765. The van der Waals surface area contributed by atoms with Gasteiger partial charge in [-0.15, -0.1) is 0 Å². The minimum Gasteiger partial charge on any atom is -0.545 e. The van der Waals surface area contributed by atoms with Gasteiger partial charge in [-0.3, -0.25) is 0 Å². The molecule has 2 aromatic carbocycles. The molecule has 0 fully saturated rings. The van der Waals surface area contributed by atoms with Crippen LogP contribution in [0.25, 0.3) is 0 Å². The van der Waals surface area contributed by atoms with Crippen molar-refractivity contribution in [2.75, 3.05) is 0 Å². The van der Waals surface area contributed by atoms with Crippen LogP contribution in [0.3, 0.4) is 0 Å². The van der Waals surface area contributed by atoms with Gasteiger partial charge in [-0.2, -0.15) is 0 Å². The molecule has 0 heterocycles. The van der Waals surface area contributed by atoms with Gasteiger partial charge >= 0.3 is 19.5 Å². The average molecular weight is 532 g/mol.